The van der Waals surface area contributed by atoms with Crippen LogP contribution in [-0.4, -0.2) is 28.0 Å². The number of thiophene rings is 1. The van der Waals surface area contributed by atoms with Crippen LogP contribution in [0.2, 0.25) is 0 Å². The van der Waals surface area contributed by atoms with Crippen LogP contribution < -0.4 is 10.2 Å². The molecule has 3 heterocycles. The molecule has 2 aromatic heterocycles. The van der Waals surface area contributed by atoms with E-state index >= 15 is 0 Å². The molecule has 1 aromatic carbocycles. The second-order valence-electron chi connectivity index (χ2n) is 9.90. The van der Waals surface area contributed by atoms with Crippen LogP contribution in [0.4, 0.5) is 5.69 Å². The standard InChI is InChI=1S/C26H31N3O2S/c1-16-5-8-19(9-6-16)27-25(31)26(4)15-28-21-11-12-32-23(21)14-22(28)24(30)29(26)20-10-7-17(2)18(3)13-20/h7,10-14,16,19H,5-6,8-9,15H2,1-4H3,(H,27,31). The summed E-state index contributed by atoms with van der Waals surface area (Å²) in [4.78, 5) is 29.4. The van der Waals surface area contributed by atoms with Crippen molar-refractivity contribution in [1.29, 1.82) is 0 Å². The number of nitrogens with zero attached hydrogens (tertiary/aromatic N) is 2. The number of aromatic nitrogens is 1. The first-order valence-corrected chi connectivity index (χ1v) is 12.5. The number of hydrogen-bond acceptors (Lipinski definition) is 3. The zero-order valence-corrected chi connectivity index (χ0v) is 20.1. The number of rotatable bonds is 3. The van der Waals surface area contributed by atoms with Gasteiger partial charge in [-0.3, -0.25) is 14.5 Å². The van der Waals surface area contributed by atoms with Gasteiger partial charge in [-0.25, -0.2) is 0 Å². The van der Waals surface area contributed by atoms with Gasteiger partial charge in [-0.1, -0.05) is 13.0 Å². The van der Waals surface area contributed by atoms with Crippen molar-refractivity contribution in [2.24, 2.45) is 5.92 Å². The molecule has 6 heteroatoms. The van der Waals surface area contributed by atoms with E-state index in [1.807, 2.05) is 54.1 Å². The number of nitrogens with one attached hydrogen (secondary N) is 1. The zero-order valence-electron chi connectivity index (χ0n) is 19.3. The molecule has 0 bridgehead atoms. The van der Waals surface area contributed by atoms with Crippen LogP contribution in [0.15, 0.2) is 35.7 Å². The van der Waals surface area contributed by atoms with Crippen molar-refractivity contribution in [3.63, 3.8) is 0 Å². The first kappa shape index (κ1) is 21.3. The molecule has 1 fully saturated rings. The Hall–Kier alpha value is -2.60. The lowest BCUT2D eigenvalue weighted by Gasteiger charge is -2.45. The van der Waals surface area contributed by atoms with Gasteiger partial charge in [0.1, 0.15) is 11.2 Å². The Morgan fingerprint density at radius 1 is 1.09 bits per heavy atom. The molecule has 5 nitrogen and oxygen atoms in total. The van der Waals surface area contributed by atoms with Gasteiger partial charge in [0.05, 0.1) is 16.8 Å². The second-order valence-corrected chi connectivity index (χ2v) is 10.8. The molecular weight excluding hydrogens is 418 g/mol. The van der Waals surface area contributed by atoms with Crippen molar-refractivity contribution in [2.75, 3.05) is 4.90 Å². The molecule has 3 aromatic rings. The molecule has 5 rings (SSSR count). The number of amides is 2. The van der Waals surface area contributed by atoms with Crippen LogP contribution >= 0.6 is 11.3 Å². The maximum atomic E-state index is 13.9. The van der Waals surface area contributed by atoms with Gasteiger partial charge in [0.2, 0.25) is 5.91 Å². The molecule has 168 valence electrons. The van der Waals surface area contributed by atoms with Crippen LogP contribution in [0.25, 0.3) is 10.2 Å². The average molecular weight is 450 g/mol. The lowest BCUT2D eigenvalue weighted by Crippen LogP contribution is -2.65. The molecule has 1 N–H and O–H groups in total. The minimum atomic E-state index is -1.01. The van der Waals surface area contributed by atoms with E-state index in [2.05, 4.69) is 19.2 Å². The summed E-state index contributed by atoms with van der Waals surface area (Å²) in [6.45, 7) is 8.75. The quantitative estimate of drug-likeness (QED) is 0.579. The SMILES string of the molecule is Cc1ccc(N2C(=O)c3cc4sccc4n3CC2(C)C(=O)NC2CCC(C)CC2)cc1C. The topological polar surface area (TPSA) is 54.3 Å². The highest BCUT2D eigenvalue weighted by Crippen LogP contribution is 2.38. The predicted molar refractivity (Wildman–Crippen MR) is 131 cm³/mol. The van der Waals surface area contributed by atoms with Crippen molar-refractivity contribution in [1.82, 2.24) is 9.88 Å². The van der Waals surface area contributed by atoms with E-state index in [1.54, 1.807) is 16.2 Å². The summed E-state index contributed by atoms with van der Waals surface area (Å²) in [6.07, 6.45) is 4.28. The molecule has 0 radical (unpaired) electrons. The van der Waals surface area contributed by atoms with Gasteiger partial charge < -0.3 is 9.88 Å². The van der Waals surface area contributed by atoms with E-state index in [0.29, 0.717) is 12.2 Å². The molecule has 1 aliphatic carbocycles. The summed E-state index contributed by atoms with van der Waals surface area (Å²) in [5.41, 5.74) is 3.74. The largest absolute Gasteiger partial charge is 0.351 e. The molecule has 32 heavy (non-hydrogen) atoms. The number of hydrogen-bond donors (Lipinski definition) is 1. The number of carbonyl (C=O) groups excluding carboxylic acids is 2. The Bertz CT molecular complexity index is 1200. The maximum Gasteiger partial charge on any atom is 0.275 e. The first-order valence-electron chi connectivity index (χ1n) is 11.6. The number of carbonyl (C=O) groups is 2. The summed E-state index contributed by atoms with van der Waals surface area (Å²) >= 11 is 1.63. The van der Waals surface area contributed by atoms with Crippen molar-refractivity contribution in [3.8, 4) is 0 Å². The highest BCUT2D eigenvalue weighted by Gasteiger charge is 2.49. The van der Waals surface area contributed by atoms with E-state index in [-0.39, 0.29) is 17.9 Å². The second kappa shape index (κ2) is 7.77. The summed E-state index contributed by atoms with van der Waals surface area (Å²) in [5, 5.41) is 5.36. The summed E-state index contributed by atoms with van der Waals surface area (Å²) in [7, 11) is 0. The van der Waals surface area contributed by atoms with Gasteiger partial charge in [-0.15, -0.1) is 11.3 Å². The molecule has 1 unspecified atom stereocenters. The van der Waals surface area contributed by atoms with Gasteiger partial charge >= 0.3 is 0 Å². The fraction of sp³-hybridized carbons (Fsp3) is 0.462. The predicted octanol–water partition coefficient (Wildman–Crippen LogP) is 5.43. The molecule has 0 spiro atoms. The smallest absolute Gasteiger partial charge is 0.275 e. The summed E-state index contributed by atoms with van der Waals surface area (Å²) in [5.74, 6) is 0.542. The molecule has 1 atom stereocenters. The third-order valence-electron chi connectivity index (χ3n) is 7.49. The lowest BCUT2D eigenvalue weighted by atomic mass is 9.86. The number of fused-ring (bicyclic) bond motifs is 3. The van der Waals surface area contributed by atoms with Crippen molar-refractivity contribution in [3.05, 3.63) is 52.5 Å². The summed E-state index contributed by atoms with van der Waals surface area (Å²) in [6, 6.07) is 10.2. The molecule has 0 saturated heterocycles. The normalized spacial score (nSPS) is 25.8. The maximum absolute atomic E-state index is 13.9. The average Bonchev–Trinajstić information content (AvgIpc) is 3.35. The molecule has 1 saturated carbocycles. The van der Waals surface area contributed by atoms with Crippen LogP contribution in [0.1, 0.15) is 61.1 Å². The Kier molecular flexibility index (Phi) is 5.16. The molecular formula is C26H31N3O2S. The van der Waals surface area contributed by atoms with Crippen molar-refractivity contribution < 1.29 is 9.59 Å². The van der Waals surface area contributed by atoms with Gasteiger partial charge in [-0.05, 0) is 93.1 Å². The number of anilines is 1. The van der Waals surface area contributed by atoms with Crippen molar-refractivity contribution >= 4 is 39.1 Å². The fourth-order valence-electron chi connectivity index (χ4n) is 5.23. The van der Waals surface area contributed by atoms with Gasteiger partial charge in [0.15, 0.2) is 0 Å². The van der Waals surface area contributed by atoms with Crippen LogP contribution in [0.5, 0.6) is 0 Å². The lowest BCUT2D eigenvalue weighted by molar-refractivity contribution is -0.127. The zero-order chi connectivity index (χ0) is 22.6. The molecule has 2 aliphatic rings. The van der Waals surface area contributed by atoms with Crippen LogP contribution in [-0.2, 0) is 11.3 Å². The molecule has 1 aliphatic heterocycles. The molecule has 2 amide bonds. The van der Waals surface area contributed by atoms with Crippen LogP contribution in [0.3, 0.4) is 0 Å². The first-order chi connectivity index (χ1) is 15.3. The van der Waals surface area contributed by atoms with E-state index in [0.717, 1.165) is 53.1 Å². The van der Waals surface area contributed by atoms with E-state index < -0.39 is 5.54 Å². The minimum Gasteiger partial charge on any atom is -0.351 e. The summed E-state index contributed by atoms with van der Waals surface area (Å²) < 4.78 is 3.12. The highest BCUT2D eigenvalue weighted by molar-refractivity contribution is 7.17. The number of aryl methyl sites for hydroxylation is 2. The van der Waals surface area contributed by atoms with Gasteiger partial charge in [0, 0.05) is 11.7 Å². The Morgan fingerprint density at radius 3 is 2.56 bits per heavy atom. The minimum absolute atomic E-state index is 0.0636. The monoisotopic (exact) mass is 449 g/mol. The van der Waals surface area contributed by atoms with Gasteiger partial charge in [0.25, 0.3) is 5.91 Å². The van der Waals surface area contributed by atoms with Gasteiger partial charge in [-0.2, -0.15) is 0 Å². The van der Waals surface area contributed by atoms with E-state index in [9.17, 15) is 9.59 Å². The van der Waals surface area contributed by atoms with E-state index in [4.69, 9.17) is 0 Å². The Labute approximate surface area is 193 Å². The Balaban J connectivity index is 1.57. The Morgan fingerprint density at radius 2 is 1.84 bits per heavy atom. The number of benzene rings is 1. The van der Waals surface area contributed by atoms with E-state index in [1.165, 1.54) is 5.56 Å². The highest BCUT2D eigenvalue weighted by atomic mass is 32.1. The fourth-order valence-corrected chi connectivity index (χ4v) is 6.05. The van der Waals surface area contributed by atoms with Crippen molar-refractivity contribution in [2.45, 2.75) is 71.5 Å². The third-order valence-corrected chi connectivity index (χ3v) is 8.35. The van der Waals surface area contributed by atoms with Crippen LogP contribution in [0, 0.1) is 19.8 Å². The third kappa shape index (κ3) is 3.36.